The van der Waals surface area contributed by atoms with E-state index in [0.717, 1.165) is 28.6 Å². The van der Waals surface area contributed by atoms with Crippen molar-refractivity contribution >= 4 is 27.7 Å². The Balaban J connectivity index is 1.24. The van der Waals surface area contributed by atoms with Gasteiger partial charge in [-0.15, -0.1) is 0 Å². The first-order chi connectivity index (χ1) is 15.1. The number of carbonyl (C=O) groups is 2. The number of amides is 2. The Kier molecular flexibility index (Phi) is 6.66. The number of para-hydroxylation sites is 1. The highest BCUT2D eigenvalue weighted by Gasteiger charge is 2.25. The lowest BCUT2D eigenvalue weighted by Gasteiger charge is -2.32. The molecule has 1 saturated heterocycles. The average molecular weight is 484 g/mol. The summed E-state index contributed by atoms with van der Waals surface area (Å²) in [5.74, 6) is 0.747. The molecule has 1 aliphatic heterocycles. The molecule has 1 N–H and O–H groups in total. The molecule has 0 spiro atoms. The normalized spacial score (nSPS) is 14.3. The third kappa shape index (κ3) is 5.32. The van der Waals surface area contributed by atoms with Crippen LogP contribution in [0, 0.1) is 0 Å². The summed E-state index contributed by atoms with van der Waals surface area (Å²) in [4.78, 5) is 26.6. The molecule has 0 saturated carbocycles. The highest BCUT2D eigenvalue weighted by molar-refractivity contribution is 9.10. The maximum absolute atomic E-state index is 12.5. The standard InChI is InChI=1S/C23H22BrN3O4/c24-18-8-4-5-9-20(18)30-17-10-12-27(13-11-17)22(28)15-25-23(29)19-14-21(31-26-19)16-6-2-1-3-7-16/h1-9,14,17H,10-13,15H2,(H,25,29). The summed E-state index contributed by atoms with van der Waals surface area (Å²) in [5.41, 5.74) is 0.977. The van der Waals surface area contributed by atoms with Gasteiger partial charge in [0.05, 0.1) is 11.0 Å². The molecule has 1 fully saturated rings. The lowest BCUT2D eigenvalue weighted by Crippen LogP contribution is -2.46. The molecule has 0 radical (unpaired) electrons. The van der Waals surface area contributed by atoms with Crippen LogP contribution in [0.4, 0.5) is 0 Å². The van der Waals surface area contributed by atoms with Gasteiger partial charge >= 0.3 is 0 Å². The van der Waals surface area contributed by atoms with Crippen LogP contribution in [0.3, 0.4) is 0 Å². The van der Waals surface area contributed by atoms with Gasteiger partial charge in [0.25, 0.3) is 5.91 Å². The largest absolute Gasteiger partial charge is 0.489 e. The number of aromatic nitrogens is 1. The number of piperidine rings is 1. The number of benzene rings is 2. The molecule has 0 bridgehead atoms. The first-order valence-corrected chi connectivity index (χ1v) is 10.9. The van der Waals surface area contributed by atoms with Crippen molar-refractivity contribution in [2.75, 3.05) is 19.6 Å². The third-order valence-electron chi connectivity index (χ3n) is 5.13. The first kappa shape index (κ1) is 21.1. The van der Waals surface area contributed by atoms with Crippen LogP contribution >= 0.6 is 15.9 Å². The summed E-state index contributed by atoms with van der Waals surface area (Å²) in [5, 5.41) is 6.44. The molecule has 0 unspecified atom stereocenters. The van der Waals surface area contributed by atoms with Crippen molar-refractivity contribution in [2.45, 2.75) is 18.9 Å². The van der Waals surface area contributed by atoms with Gasteiger partial charge in [-0.2, -0.15) is 0 Å². The second-order valence-corrected chi connectivity index (χ2v) is 8.11. The summed E-state index contributed by atoms with van der Waals surface area (Å²) in [6.07, 6.45) is 1.54. The van der Waals surface area contributed by atoms with Crippen LogP contribution in [-0.4, -0.2) is 47.6 Å². The fraction of sp³-hybridized carbons (Fsp3) is 0.261. The van der Waals surface area contributed by atoms with E-state index < -0.39 is 5.91 Å². The van der Waals surface area contributed by atoms with Crippen LogP contribution in [-0.2, 0) is 4.79 Å². The Labute approximate surface area is 188 Å². The maximum Gasteiger partial charge on any atom is 0.273 e. The van der Waals surface area contributed by atoms with Crippen LogP contribution < -0.4 is 10.1 Å². The highest BCUT2D eigenvalue weighted by Crippen LogP contribution is 2.27. The molecule has 7 nitrogen and oxygen atoms in total. The molecule has 2 heterocycles. The molecular formula is C23H22BrN3O4. The number of ether oxygens (including phenoxy) is 1. The molecule has 0 atom stereocenters. The van der Waals surface area contributed by atoms with Crippen LogP contribution in [0.25, 0.3) is 11.3 Å². The van der Waals surface area contributed by atoms with Gasteiger partial charge in [0.15, 0.2) is 11.5 Å². The van der Waals surface area contributed by atoms with Gasteiger partial charge in [0, 0.05) is 37.6 Å². The topological polar surface area (TPSA) is 84.7 Å². The van der Waals surface area contributed by atoms with E-state index in [1.165, 1.54) is 0 Å². The number of nitrogens with one attached hydrogen (secondary N) is 1. The number of rotatable bonds is 6. The average Bonchev–Trinajstić information content (AvgIpc) is 3.30. The third-order valence-corrected chi connectivity index (χ3v) is 5.78. The van der Waals surface area contributed by atoms with E-state index in [0.29, 0.717) is 18.8 Å². The van der Waals surface area contributed by atoms with Crippen LogP contribution in [0.2, 0.25) is 0 Å². The number of nitrogens with zero attached hydrogens (tertiary/aromatic N) is 2. The molecule has 31 heavy (non-hydrogen) atoms. The van der Waals surface area contributed by atoms with Crippen molar-refractivity contribution in [1.29, 1.82) is 0 Å². The quantitative estimate of drug-likeness (QED) is 0.574. The van der Waals surface area contributed by atoms with Crippen molar-refractivity contribution in [3.63, 3.8) is 0 Å². The minimum Gasteiger partial charge on any atom is -0.489 e. The molecule has 3 aromatic rings. The molecule has 2 aromatic carbocycles. The summed E-state index contributed by atoms with van der Waals surface area (Å²) in [6, 6.07) is 18.7. The van der Waals surface area contributed by atoms with E-state index >= 15 is 0 Å². The molecule has 1 aromatic heterocycles. The summed E-state index contributed by atoms with van der Waals surface area (Å²) in [6.45, 7) is 1.10. The Morgan fingerprint density at radius 2 is 1.81 bits per heavy atom. The minimum absolute atomic E-state index is 0.0591. The van der Waals surface area contributed by atoms with Crippen molar-refractivity contribution < 1.29 is 18.8 Å². The number of likely N-dealkylation sites (tertiary alicyclic amines) is 1. The fourth-order valence-corrected chi connectivity index (χ4v) is 3.80. The van der Waals surface area contributed by atoms with Gasteiger partial charge in [-0.05, 0) is 28.1 Å². The predicted molar refractivity (Wildman–Crippen MR) is 119 cm³/mol. The number of hydrogen-bond donors (Lipinski definition) is 1. The number of carbonyl (C=O) groups excluding carboxylic acids is 2. The first-order valence-electron chi connectivity index (χ1n) is 10.1. The Morgan fingerprint density at radius 3 is 2.55 bits per heavy atom. The predicted octanol–water partition coefficient (Wildman–Crippen LogP) is 3.90. The van der Waals surface area contributed by atoms with Crippen molar-refractivity contribution in [2.24, 2.45) is 0 Å². The fourth-order valence-electron chi connectivity index (χ4n) is 3.42. The zero-order valence-corrected chi connectivity index (χ0v) is 18.4. The minimum atomic E-state index is -0.438. The van der Waals surface area contributed by atoms with E-state index in [1.54, 1.807) is 11.0 Å². The van der Waals surface area contributed by atoms with Crippen LogP contribution in [0.15, 0.2) is 69.7 Å². The van der Waals surface area contributed by atoms with Crippen molar-refractivity contribution in [3.8, 4) is 17.1 Å². The monoisotopic (exact) mass is 483 g/mol. The lowest BCUT2D eigenvalue weighted by atomic mass is 10.1. The Hall–Kier alpha value is -3.13. The Morgan fingerprint density at radius 1 is 1.10 bits per heavy atom. The maximum atomic E-state index is 12.5. The van der Waals surface area contributed by atoms with Crippen LogP contribution in [0.1, 0.15) is 23.3 Å². The number of hydrogen-bond acceptors (Lipinski definition) is 5. The van der Waals surface area contributed by atoms with E-state index in [4.69, 9.17) is 9.26 Å². The number of halogens is 1. The smallest absolute Gasteiger partial charge is 0.273 e. The van der Waals surface area contributed by atoms with Gasteiger partial charge in [-0.1, -0.05) is 47.6 Å². The zero-order valence-electron chi connectivity index (χ0n) is 16.8. The lowest BCUT2D eigenvalue weighted by molar-refractivity contribution is -0.131. The molecule has 160 valence electrons. The van der Waals surface area contributed by atoms with Gasteiger partial charge < -0.3 is 19.5 Å². The van der Waals surface area contributed by atoms with E-state index in [-0.39, 0.29) is 24.2 Å². The Bertz CT molecular complexity index is 1050. The van der Waals surface area contributed by atoms with Gasteiger partial charge in [0.2, 0.25) is 5.91 Å². The highest BCUT2D eigenvalue weighted by atomic mass is 79.9. The van der Waals surface area contributed by atoms with E-state index in [1.807, 2.05) is 54.6 Å². The van der Waals surface area contributed by atoms with E-state index in [2.05, 4.69) is 26.4 Å². The second kappa shape index (κ2) is 9.78. The molecule has 2 amide bonds. The molecular weight excluding hydrogens is 462 g/mol. The van der Waals surface area contributed by atoms with Crippen LogP contribution in [0.5, 0.6) is 5.75 Å². The summed E-state index contributed by atoms with van der Waals surface area (Å²) in [7, 11) is 0. The summed E-state index contributed by atoms with van der Waals surface area (Å²) < 4.78 is 12.2. The van der Waals surface area contributed by atoms with Crippen molar-refractivity contribution in [3.05, 3.63) is 70.8 Å². The molecule has 1 aliphatic rings. The van der Waals surface area contributed by atoms with Gasteiger partial charge in [-0.3, -0.25) is 9.59 Å². The zero-order chi connectivity index (χ0) is 21.6. The van der Waals surface area contributed by atoms with E-state index in [9.17, 15) is 9.59 Å². The van der Waals surface area contributed by atoms with Gasteiger partial charge in [-0.25, -0.2) is 0 Å². The SMILES string of the molecule is O=C(NCC(=O)N1CCC(Oc2ccccc2Br)CC1)c1cc(-c2ccccc2)on1. The summed E-state index contributed by atoms with van der Waals surface area (Å²) >= 11 is 3.48. The molecule has 8 heteroatoms. The van der Waals surface area contributed by atoms with Crippen molar-refractivity contribution in [1.82, 2.24) is 15.4 Å². The van der Waals surface area contributed by atoms with Gasteiger partial charge in [0.1, 0.15) is 11.9 Å². The second-order valence-electron chi connectivity index (χ2n) is 7.25. The molecule has 4 rings (SSSR count). The molecule has 0 aliphatic carbocycles.